The van der Waals surface area contributed by atoms with Crippen LogP contribution in [-0.2, 0) is 11.3 Å². The molecule has 0 spiro atoms. The first kappa shape index (κ1) is 15.8. The van der Waals surface area contributed by atoms with Crippen LogP contribution in [0.4, 0.5) is 0 Å². The number of amides is 1. The molecule has 1 aromatic heterocycles. The second-order valence-corrected chi connectivity index (χ2v) is 6.77. The van der Waals surface area contributed by atoms with Crippen molar-refractivity contribution in [2.75, 3.05) is 46.3 Å². The number of halogens is 1. The zero-order valence-corrected chi connectivity index (χ0v) is 14.2. The van der Waals surface area contributed by atoms with Gasteiger partial charge in [0.2, 0.25) is 5.91 Å². The number of likely N-dealkylation sites (N-methyl/N-ethyl adjacent to an activating group) is 1. The van der Waals surface area contributed by atoms with Crippen LogP contribution in [0.2, 0.25) is 5.15 Å². The van der Waals surface area contributed by atoms with E-state index in [1.165, 1.54) is 5.69 Å². The van der Waals surface area contributed by atoms with Crippen molar-refractivity contribution >= 4 is 17.5 Å². The molecule has 1 atom stereocenters. The predicted molar refractivity (Wildman–Crippen MR) is 88.1 cm³/mol. The SMILES string of the molecule is CC1c2ccc(Cl)n2CCN1CCC(=O)N1CCN(C)CC1. The van der Waals surface area contributed by atoms with E-state index < -0.39 is 0 Å². The van der Waals surface area contributed by atoms with E-state index in [1.807, 2.05) is 11.0 Å². The van der Waals surface area contributed by atoms with Crippen molar-refractivity contribution in [1.29, 1.82) is 0 Å². The van der Waals surface area contributed by atoms with Crippen molar-refractivity contribution in [2.24, 2.45) is 0 Å². The Morgan fingerprint density at radius 1 is 1.18 bits per heavy atom. The fourth-order valence-corrected chi connectivity index (χ4v) is 3.67. The minimum Gasteiger partial charge on any atom is -0.340 e. The van der Waals surface area contributed by atoms with Gasteiger partial charge in [-0.15, -0.1) is 0 Å². The number of fused-ring (bicyclic) bond motifs is 1. The van der Waals surface area contributed by atoms with Crippen molar-refractivity contribution in [1.82, 2.24) is 19.3 Å². The summed E-state index contributed by atoms with van der Waals surface area (Å²) in [6.07, 6.45) is 0.614. The van der Waals surface area contributed by atoms with Crippen LogP contribution in [-0.4, -0.2) is 71.5 Å². The van der Waals surface area contributed by atoms with Crippen LogP contribution in [0.15, 0.2) is 12.1 Å². The number of hydrogen-bond acceptors (Lipinski definition) is 3. The maximum absolute atomic E-state index is 12.4. The van der Waals surface area contributed by atoms with Crippen LogP contribution >= 0.6 is 11.6 Å². The second kappa shape index (κ2) is 6.60. The normalized spacial score (nSPS) is 23.6. The van der Waals surface area contributed by atoms with E-state index >= 15 is 0 Å². The summed E-state index contributed by atoms with van der Waals surface area (Å²) < 4.78 is 2.17. The summed E-state index contributed by atoms with van der Waals surface area (Å²) >= 11 is 6.19. The van der Waals surface area contributed by atoms with E-state index in [2.05, 4.69) is 34.4 Å². The van der Waals surface area contributed by atoms with Gasteiger partial charge in [0, 0.05) is 64.0 Å². The molecule has 6 heteroatoms. The smallest absolute Gasteiger partial charge is 0.223 e. The highest BCUT2D eigenvalue weighted by Gasteiger charge is 2.26. The van der Waals surface area contributed by atoms with Gasteiger partial charge in [-0.25, -0.2) is 0 Å². The lowest BCUT2D eigenvalue weighted by molar-refractivity contribution is -0.133. The van der Waals surface area contributed by atoms with Gasteiger partial charge in [-0.05, 0) is 26.1 Å². The van der Waals surface area contributed by atoms with Crippen molar-refractivity contribution < 1.29 is 4.79 Å². The lowest BCUT2D eigenvalue weighted by Gasteiger charge is -2.36. The molecule has 0 radical (unpaired) electrons. The molecule has 122 valence electrons. The van der Waals surface area contributed by atoms with Crippen molar-refractivity contribution in [3.63, 3.8) is 0 Å². The number of piperazine rings is 1. The average molecular weight is 325 g/mol. The maximum atomic E-state index is 12.4. The Hall–Kier alpha value is -1.04. The van der Waals surface area contributed by atoms with Gasteiger partial charge in [0.25, 0.3) is 0 Å². The number of aromatic nitrogens is 1. The van der Waals surface area contributed by atoms with E-state index in [4.69, 9.17) is 11.6 Å². The van der Waals surface area contributed by atoms with Crippen LogP contribution in [0.25, 0.3) is 0 Å². The average Bonchev–Trinajstić information content (AvgIpc) is 2.89. The van der Waals surface area contributed by atoms with Crippen LogP contribution in [0.5, 0.6) is 0 Å². The van der Waals surface area contributed by atoms with Crippen LogP contribution < -0.4 is 0 Å². The van der Waals surface area contributed by atoms with Crippen molar-refractivity contribution in [2.45, 2.75) is 25.9 Å². The number of rotatable bonds is 3. The van der Waals surface area contributed by atoms with Gasteiger partial charge in [-0.2, -0.15) is 0 Å². The molecule has 1 amide bonds. The fraction of sp³-hybridized carbons (Fsp3) is 0.688. The lowest BCUT2D eigenvalue weighted by Crippen LogP contribution is -2.48. The third kappa shape index (κ3) is 3.16. The molecule has 1 saturated heterocycles. The summed E-state index contributed by atoms with van der Waals surface area (Å²) in [5.41, 5.74) is 1.25. The van der Waals surface area contributed by atoms with Gasteiger partial charge < -0.3 is 14.4 Å². The Morgan fingerprint density at radius 3 is 2.64 bits per heavy atom. The molecule has 1 unspecified atom stereocenters. The molecule has 2 aliphatic heterocycles. The summed E-state index contributed by atoms with van der Waals surface area (Å²) in [6.45, 7) is 8.59. The molecule has 2 aliphatic rings. The Balaban J connectivity index is 1.53. The monoisotopic (exact) mass is 324 g/mol. The number of nitrogens with zero attached hydrogens (tertiary/aromatic N) is 4. The Labute approximate surface area is 137 Å². The van der Waals surface area contributed by atoms with Crippen LogP contribution in [0, 0.1) is 0 Å². The first-order chi connectivity index (χ1) is 10.6. The molecular formula is C16H25ClN4O. The van der Waals surface area contributed by atoms with E-state index in [-0.39, 0.29) is 0 Å². The third-order valence-corrected chi connectivity index (χ3v) is 5.35. The van der Waals surface area contributed by atoms with Gasteiger partial charge in [-0.1, -0.05) is 11.6 Å². The minimum absolute atomic E-state index is 0.291. The largest absolute Gasteiger partial charge is 0.340 e. The van der Waals surface area contributed by atoms with Gasteiger partial charge in [0.15, 0.2) is 0 Å². The molecule has 0 bridgehead atoms. The molecular weight excluding hydrogens is 300 g/mol. The molecule has 0 aliphatic carbocycles. The highest BCUT2D eigenvalue weighted by molar-refractivity contribution is 6.29. The second-order valence-electron chi connectivity index (χ2n) is 6.38. The van der Waals surface area contributed by atoms with Gasteiger partial charge in [0.05, 0.1) is 0 Å². The minimum atomic E-state index is 0.291. The summed E-state index contributed by atoms with van der Waals surface area (Å²) in [5.74, 6) is 0.291. The molecule has 1 aromatic rings. The van der Waals surface area contributed by atoms with Gasteiger partial charge in [-0.3, -0.25) is 9.69 Å². The molecule has 0 saturated carbocycles. The van der Waals surface area contributed by atoms with E-state index in [0.717, 1.165) is 51.0 Å². The number of carbonyl (C=O) groups is 1. The topological polar surface area (TPSA) is 31.7 Å². The zero-order chi connectivity index (χ0) is 15.7. The van der Waals surface area contributed by atoms with E-state index in [9.17, 15) is 4.79 Å². The molecule has 3 rings (SSSR count). The standard InChI is InChI=1S/C16H25ClN4O/c1-13-14-3-4-15(17)21(14)12-11-19(13)6-5-16(22)20-9-7-18(2)8-10-20/h3-4,13H,5-12H2,1-2H3. The highest BCUT2D eigenvalue weighted by Crippen LogP contribution is 2.29. The van der Waals surface area contributed by atoms with E-state index in [0.29, 0.717) is 18.4 Å². The van der Waals surface area contributed by atoms with Crippen LogP contribution in [0.1, 0.15) is 25.1 Å². The Bertz CT molecular complexity index is 536. The lowest BCUT2D eigenvalue weighted by atomic mass is 10.1. The summed E-state index contributed by atoms with van der Waals surface area (Å²) in [7, 11) is 2.11. The molecule has 3 heterocycles. The quantitative estimate of drug-likeness (QED) is 0.848. The Morgan fingerprint density at radius 2 is 1.91 bits per heavy atom. The molecule has 22 heavy (non-hydrogen) atoms. The van der Waals surface area contributed by atoms with Crippen LogP contribution in [0.3, 0.4) is 0 Å². The number of hydrogen-bond donors (Lipinski definition) is 0. The summed E-state index contributed by atoms with van der Waals surface area (Å²) in [6, 6.07) is 4.38. The molecule has 0 N–H and O–H groups in total. The summed E-state index contributed by atoms with van der Waals surface area (Å²) in [4.78, 5) is 19.0. The Kier molecular flexibility index (Phi) is 4.76. The zero-order valence-electron chi connectivity index (χ0n) is 13.5. The molecule has 1 fully saturated rings. The number of carbonyl (C=O) groups excluding carboxylic acids is 1. The van der Waals surface area contributed by atoms with E-state index in [1.54, 1.807) is 0 Å². The third-order valence-electron chi connectivity index (χ3n) is 5.02. The fourth-order valence-electron chi connectivity index (χ4n) is 3.43. The summed E-state index contributed by atoms with van der Waals surface area (Å²) in [5, 5.41) is 0.815. The first-order valence-corrected chi connectivity index (χ1v) is 8.49. The first-order valence-electron chi connectivity index (χ1n) is 8.11. The maximum Gasteiger partial charge on any atom is 0.223 e. The molecule has 0 aromatic carbocycles. The van der Waals surface area contributed by atoms with Gasteiger partial charge in [0.1, 0.15) is 5.15 Å². The predicted octanol–water partition coefficient (Wildman–Crippen LogP) is 1.68. The highest BCUT2D eigenvalue weighted by atomic mass is 35.5. The van der Waals surface area contributed by atoms with Crippen molar-refractivity contribution in [3.05, 3.63) is 23.0 Å². The van der Waals surface area contributed by atoms with Crippen molar-refractivity contribution in [3.8, 4) is 0 Å². The van der Waals surface area contributed by atoms with Gasteiger partial charge >= 0.3 is 0 Å². The molecule has 5 nitrogen and oxygen atoms in total.